The van der Waals surface area contributed by atoms with Crippen molar-refractivity contribution >= 4 is 17.4 Å². The van der Waals surface area contributed by atoms with Crippen molar-refractivity contribution in [1.29, 1.82) is 5.26 Å². The van der Waals surface area contributed by atoms with Crippen molar-refractivity contribution < 1.29 is 0 Å². The van der Waals surface area contributed by atoms with Crippen molar-refractivity contribution in [3.05, 3.63) is 29.3 Å². The normalized spacial score (nSPS) is 16.1. The summed E-state index contributed by atoms with van der Waals surface area (Å²) in [5.41, 5.74) is 3.25. The molecule has 0 unspecified atom stereocenters. The first-order chi connectivity index (χ1) is 7.31. The molecule has 1 fully saturated rings. The van der Waals surface area contributed by atoms with Gasteiger partial charge in [0.25, 0.3) is 0 Å². The minimum Gasteiger partial charge on any atom is -0.370 e. The highest BCUT2D eigenvalue weighted by atomic mass is 32.2. The predicted octanol–water partition coefficient (Wildman–Crippen LogP) is 2.42. The van der Waals surface area contributed by atoms with Gasteiger partial charge in [-0.1, -0.05) is 0 Å². The maximum atomic E-state index is 8.80. The lowest BCUT2D eigenvalue weighted by atomic mass is 10.1. The van der Waals surface area contributed by atoms with Gasteiger partial charge in [-0.25, -0.2) is 0 Å². The molecule has 1 saturated heterocycles. The predicted molar refractivity (Wildman–Crippen MR) is 65.4 cm³/mol. The first-order valence-corrected chi connectivity index (χ1v) is 6.30. The van der Waals surface area contributed by atoms with Gasteiger partial charge < -0.3 is 4.90 Å². The van der Waals surface area contributed by atoms with Gasteiger partial charge in [-0.05, 0) is 30.7 Å². The summed E-state index contributed by atoms with van der Waals surface area (Å²) in [5.74, 6) is 2.42. The Hall–Kier alpha value is -1.14. The van der Waals surface area contributed by atoms with E-state index in [1.165, 1.54) is 22.8 Å². The van der Waals surface area contributed by atoms with E-state index in [4.69, 9.17) is 5.26 Å². The second-order valence-electron chi connectivity index (χ2n) is 3.71. The number of nitriles is 1. The van der Waals surface area contributed by atoms with Gasteiger partial charge >= 0.3 is 0 Å². The van der Waals surface area contributed by atoms with E-state index < -0.39 is 0 Å². The Morgan fingerprint density at radius 2 is 2.07 bits per heavy atom. The third-order valence-corrected chi connectivity index (χ3v) is 3.62. The Balaban J connectivity index is 2.24. The summed E-state index contributed by atoms with van der Waals surface area (Å²) in [6.45, 7) is 4.33. The average molecular weight is 218 g/mol. The quantitative estimate of drug-likeness (QED) is 0.724. The highest BCUT2D eigenvalue weighted by Gasteiger charge is 2.12. The fourth-order valence-electron chi connectivity index (χ4n) is 1.88. The third-order valence-electron chi connectivity index (χ3n) is 2.68. The molecular weight excluding hydrogens is 204 g/mol. The van der Waals surface area contributed by atoms with Gasteiger partial charge in [-0.15, -0.1) is 0 Å². The van der Waals surface area contributed by atoms with Crippen LogP contribution in [0.2, 0.25) is 0 Å². The van der Waals surface area contributed by atoms with Crippen LogP contribution in [0.5, 0.6) is 0 Å². The van der Waals surface area contributed by atoms with Crippen LogP contribution in [0, 0.1) is 18.3 Å². The first kappa shape index (κ1) is 10.4. The number of hydrogen-bond acceptors (Lipinski definition) is 3. The molecule has 1 aromatic carbocycles. The van der Waals surface area contributed by atoms with Gasteiger partial charge in [0.2, 0.25) is 0 Å². The largest absolute Gasteiger partial charge is 0.370 e. The van der Waals surface area contributed by atoms with Gasteiger partial charge in [0.05, 0.1) is 11.6 Å². The SMILES string of the molecule is Cc1cc(C#N)ccc1N1CCSCC1. The number of aryl methyl sites for hydroxylation is 1. The maximum absolute atomic E-state index is 8.80. The van der Waals surface area contributed by atoms with Crippen LogP contribution in [0.1, 0.15) is 11.1 Å². The second kappa shape index (κ2) is 4.59. The highest BCUT2D eigenvalue weighted by Crippen LogP contribution is 2.23. The van der Waals surface area contributed by atoms with Crippen LogP contribution in [0.25, 0.3) is 0 Å². The van der Waals surface area contributed by atoms with Crippen molar-refractivity contribution in [3.63, 3.8) is 0 Å². The summed E-state index contributed by atoms with van der Waals surface area (Å²) in [5, 5.41) is 8.80. The van der Waals surface area contributed by atoms with Crippen LogP contribution in [-0.2, 0) is 0 Å². The summed E-state index contributed by atoms with van der Waals surface area (Å²) in [6.07, 6.45) is 0. The zero-order valence-corrected chi connectivity index (χ0v) is 9.68. The van der Waals surface area contributed by atoms with Crippen molar-refractivity contribution in [3.8, 4) is 6.07 Å². The van der Waals surface area contributed by atoms with E-state index in [0.29, 0.717) is 0 Å². The third kappa shape index (κ3) is 2.27. The maximum Gasteiger partial charge on any atom is 0.0991 e. The molecule has 2 rings (SSSR count). The van der Waals surface area contributed by atoms with Gasteiger partial charge in [-0.2, -0.15) is 17.0 Å². The average Bonchev–Trinajstić information content (AvgIpc) is 2.30. The van der Waals surface area contributed by atoms with Gasteiger partial charge in [0.1, 0.15) is 0 Å². The molecule has 15 heavy (non-hydrogen) atoms. The van der Waals surface area contributed by atoms with E-state index in [2.05, 4.69) is 24.0 Å². The highest BCUT2D eigenvalue weighted by molar-refractivity contribution is 7.99. The molecule has 1 heterocycles. The molecule has 0 spiro atoms. The Bertz CT molecular complexity index is 389. The molecular formula is C12H14N2S. The Morgan fingerprint density at radius 1 is 1.33 bits per heavy atom. The smallest absolute Gasteiger partial charge is 0.0991 e. The Labute approximate surface area is 94.9 Å². The summed E-state index contributed by atoms with van der Waals surface area (Å²) in [4.78, 5) is 2.41. The zero-order chi connectivity index (χ0) is 10.7. The molecule has 0 atom stereocenters. The molecule has 3 heteroatoms. The molecule has 0 aromatic heterocycles. The van der Waals surface area contributed by atoms with Crippen LogP contribution < -0.4 is 4.90 Å². The molecule has 1 aliphatic heterocycles. The lowest BCUT2D eigenvalue weighted by Gasteiger charge is -2.29. The Morgan fingerprint density at radius 3 is 2.67 bits per heavy atom. The number of anilines is 1. The molecule has 0 aliphatic carbocycles. The number of rotatable bonds is 1. The monoisotopic (exact) mass is 218 g/mol. The molecule has 1 aliphatic rings. The van der Waals surface area contributed by atoms with Gasteiger partial charge in [0, 0.05) is 30.3 Å². The zero-order valence-electron chi connectivity index (χ0n) is 8.86. The number of nitrogens with zero attached hydrogens (tertiary/aromatic N) is 2. The Kier molecular flexibility index (Phi) is 3.17. The molecule has 0 N–H and O–H groups in total. The standard InChI is InChI=1S/C12H14N2S/c1-10-8-11(9-13)2-3-12(10)14-4-6-15-7-5-14/h2-3,8H,4-7H2,1H3. The second-order valence-corrected chi connectivity index (χ2v) is 4.94. The van der Waals surface area contributed by atoms with Crippen LogP contribution >= 0.6 is 11.8 Å². The van der Waals surface area contributed by atoms with Crippen LogP contribution in [0.4, 0.5) is 5.69 Å². The lowest BCUT2D eigenvalue weighted by molar-refractivity contribution is 0.854. The van der Waals surface area contributed by atoms with E-state index in [0.717, 1.165) is 18.7 Å². The number of benzene rings is 1. The van der Waals surface area contributed by atoms with Crippen molar-refractivity contribution in [2.24, 2.45) is 0 Å². The van der Waals surface area contributed by atoms with Crippen LogP contribution in [0.15, 0.2) is 18.2 Å². The number of thioether (sulfide) groups is 1. The van der Waals surface area contributed by atoms with E-state index in [9.17, 15) is 0 Å². The fourth-order valence-corrected chi connectivity index (χ4v) is 2.79. The summed E-state index contributed by atoms with van der Waals surface area (Å²) >= 11 is 2.01. The van der Waals surface area contributed by atoms with E-state index in [1.807, 2.05) is 23.9 Å². The summed E-state index contributed by atoms with van der Waals surface area (Å²) < 4.78 is 0. The van der Waals surface area contributed by atoms with Crippen LogP contribution in [-0.4, -0.2) is 24.6 Å². The summed E-state index contributed by atoms with van der Waals surface area (Å²) in [6, 6.07) is 8.12. The van der Waals surface area contributed by atoms with Gasteiger partial charge in [0.15, 0.2) is 0 Å². The number of hydrogen-bond donors (Lipinski definition) is 0. The van der Waals surface area contributed by atoms with Gasteiger partial charge in [-0.3, -0.25) is 0 Å². The fraction of sp³-hybridized carbons (Fsp3) is 0.417. The lowest BCUT2D eigenvalue weighted by Crippen LogP contribution is -2.32. The van der Waals surface area contributed by atoms with Crippen molar-refractivity contribution in [1.82, 2.24) is 0 Å². The summed E-state index contributed by atoms with van der Waals surface area (Å²) in [7, 11) is 0. The first-order valence-electron chi connectivity index (χ1n) is 5.15. The van der Waals surface area contributed by atoms with E-state index in [-0.39, 0.29) is 0 Å². The van der Waals surface area contributed by atoms with Crippen molar-refractivity contribution in [2.45, 2.75) is 6.92 Å². The minimum atomic E-state index is 0.752. The topological polar surface area (TPSA) is 27.0 Å². The minimum absolute atomic E-state index is 0.752. The van der Waals surface area contributed by atoms with E-state index in [1.54, 1.807) is 0 Å². The van der Waals surface area contributed by atoms with E-state index >= 15 is 0 Å². The molecule has 78 valence electrons. The van der Waals surface area contributed by atoms with Crippen molar-refractivity contribution in [2.75, 3.05) is 29.5 Å². The molecule has 0 bridgehead atoms. The molecule has 1 aromatic rings. The molecule has 2 nitrogen and oxygen atoms in total. The molecule has 0 saturated carbocycles. The van der Waals surface area contributed by atoms with Crippen LogP contribution in [0.3, 0.4) is 0 Å². The molecule has 0 amide bonds. The molecule has 0 radical (unpaired) electrons.